The molecule has 5 rings (SSSR count). The van der Waals surface area contributed by atoms with Crippen molar-refractivity contribution in [3.8, 4) is 0 Å². The molecule has 202 valence electrons. The standard InChI is InChI=1S/C28H31N7O4/c1-16-9-8-10-19-21(16)17(2)20(35(19)27(38)39-28(3,4)5)15-34-24(36)22-23(33(7)26(34)37)31-25(32(22)6)30-18-11-13-29-14-12-18/h8-14H,15H2,1-7H3,(H,29,30,31). The number of pyridine rings is 1. The molecule has 11 nitrogen and oxygen atoms in total. The Morgan fingerprint density at radius 1 is 1.03 bits per heavy atom. The lowest BCUT2D eigenvalue weighted by molar-refractivity contribution is 0.0539. The van der Waals surface area contributed by atoms with E-state index in [2.05, 4.69) is 15.3 Å². The number of benzene rings is 1. The van der Waals surface area contributed by atoms with Gasteiger partial charge in [0.25, 0.3) is 5.56 Å². The first-order chi connectivity index (χ1) is 18.4. The number of carbonyl (C=O) groups excluding carboxylic acids is 1. The molecule has 0 atom stereocenters. The second-order valence-electron chi connectivity index (χ2n) is 10.6. The molecule has 39 heavy (non-hydrogen) atoms. The van der Waals surface area contributed by atoms with Crippen molar-refractivity contribution in [3.63, 3.8) is 0 Å². The van der Waals surface area contributed by atoms with E-state index < -0.39 is 22.9 Å². The molecule has 0 bridgehead atoms. The summed E-state index contributed by atoms with van der Waals surface area (Å²) in [6, 6.07) is 9.22. The Morgan fingerprint density at radius 2 is 1.72 bits per heavy atom. The smallest absolute Gasteiger partial charge is 0.419 e. The van der Waals surface area contributed by atoms with E-state index in [0.717, 1.165) is 26.8 Å². The summed E-state index contributed by atoms with van der Waals surface area (Å²) in [4.78, 5) is 49.3. The lowest BCUT2D eigenvalue weighted by Gasteiger charge is -2.21. The zero-order chi connectivity index (χ0) is 28.2. The summed E-state index contributed by atoms with van der Waals surface area (Å²) in [6.07, 6.45) is 2.71. The largest absolute Gasteiger partial charge is 0.443 e. The van der Waals surface area contributed by atoms with Crippen molar-refractivity contribution in [2.75, 3.05) is 5.32 Å². The number of aromatic nitrogens is 6. The van der Waals surface area contributed by atoms with Gasteiger partial charge in [-0.1, -0.05) is 12.1 Å². The van der Waals surface area contributed by atoms with Gasteiger partial charge in [-0.2, -0.15) is 4.98 Å². The predicted octanol–water partition coefficient (Wildman–Crippen LogP) is 3.98. The summed E-state index contributed by atoms with van der Waals surface area (Å²) in [5, 5.41) is 4.05. The van der Waals surface area contributed by atoms with E-state index in [0.29, 0.717) is 17.2 Å². The van der Waals surface area contributed by atoms with Crippen LogP contribution in [0.1, 0.15) is 37.6 Å². The SMILES string of the molecule is Cc1cccc2c1c(C)c(Cn1c(=O)c3c(nc(Nc4ccncc4)n3C)n(C)c1=O)n2C(=O)OC(C)(C)C. The van der Waals surface area contributed by atoms with Crippen LogP contribution in [0.2, 0.25) is 0 Å². The molecule has 0 aliphatic carbocycles. The zero-order valence-corrected chi connectivity index (χ0v) is 23.1. The van der Waals surface area contributed by atoms with Gasteiger partial charge >= 0.3 is 11.8 Å². The molecule has 0 spiro atoms. The minimum atomic E-state index is -0.735. The molecule has 0 aliphatic heterocycles. The summed E-state index contributed by atoms with van der Waals surface area (Å²) in [5.41, 5.74) is 2.39. The summed E-state index contributed by atoms with van der Waals surface area (Å²) in [6.45, 7) is 9.11. The number of nitrogens with one attached hydrogen (secondary N) is 1. The maximum absolute atomic E-state index is 13.8. The summed E-state index contributed by atoms with van der Waals surface area (Å²) in [7, 11) is 3.28. The number of aryl methyl sites for hydroxylation is 4. The van der Waals surface area contributed by atoms with Crippen LogP contribution in [-0.4, -0.2) is 39.9 Å². The molecule has 0 saturated carbocycles. The Kier molecular flexibility index (Phi) is 6.16. The summed E-state index contributed by atoms with van der Waals surface area (Å²) < 4.78 is 11.3. The van der Waals surface area contributed by atoms with E-state index in [1.807, 2.05) is 32.0 Å². The lowest BCUT2D eigenvalue weighted by atomic mass is 10.1. The van der Waals surface area contributed by atoms with Crippen LogP contribution in [0.3, 0.4) is 0 Å². The van der Waals surface area contributed by atoms with Crippen molar-refractivity contribution < 1.29 is 9.53 Å². The highest BCUT2D eigenvalue weighted by Crippen LogP contribution is 2.30. The van der Waals surface area contributed by atoms with Crippen LogP contribution in [0.5, 0.6) is 0 Å². The molecule has 0 fully saturated rings. The van der Waals surface area contributed by atoms with Gasteiger partial charge in [-0.3, -0.25) is 18.9 Å². The van der Waals surface area contributed by atoms with E-state index in [1.54, 1.807) is 64.0 Å². The zero-order valence-electron chi connectivity index (χ0n) is 23.1. The molecule has 0 aliphatic rings. The van der Waals surface area contributed by atoms with Crippen LogP contribution in [0.15, 0.2) is 52.3 Å². The molecule has 0 radical (unpaired) electrons. The number of carbonyl (C=O) groups is 1. The molecule has 0 saturated heterocycles. The Morgan fingerprint density at radius 3 is 2.38 bits per heavy atom. The maximum Gasteiger partial charge on any atom is 0.419 e. The molecule has 0 amide bonds. The fourth-order valence-corrected chi connectivity index (χ4v) is 4.90. The molecule has 4 aromatic heterocycles. The van der Waals surface area contributed by atoms with Gasteiger partial charge in [-0.15, -0.1) is 0 Å². The molecular weight excluding hydrogens is 498 g/mol. The molecular formula is C28H31N7O4. The molecule has 4 heterocycles. The molecule has 0 unspecified atom stereocenters. The van der Waals surface area contributed by atoms with Crippen LogP contribution >= 0.6 is 0 Å². The number of hydrogen-bond acceptors (Lipinski definition) is 7. The van der Waals surface area contributed by atoms with Gasteiger partial charge in [0.15, 0.2) is 11.2 Å². The van der Waals surface area contributed by atoms with Gasteiger partial charge in [0.05, 0.1) is 17.8 Å². The first-order valence-corrected chi connectivity index (χ1v) is 12.5. The maximum atomic E-state index is 13.8. The Hall–Kier alpha value is -4.67. The fourth-order valence-electron chi connectivity index (χ4n) is 4.90. The summed E-state index contributed by atoms with van der Waals surface area (Å²) in [5.74, 6) is 0.399. The molecule has 11 heteroatoms. The van der Waals surface area contributed by atoms with Crippen molar-refractivity contribution in [3.05, 3.63) is 80.4 Å². The topological polar surface area (TPSA) is 118 Å². The van der Waals surface area contributed by atoms with Crippen molar-refractivity contribution in [1.82, 2.24) is 28.2 Å². The van der Waals surface area contributed by atoms with Gasteiger partial charge < -0.3 is 14.6 Å². The van der Waals surface area contributed by atoms with Gasteiger partial charge in [-0.05, 0) is 63.9 Å². The third-order valence-electron chi connectivity index (χ3n) is 6.75. The van der Waals surface area contributed by atoms with E-state index in [4.69, 9.17) is 4.74 Å². The third kappa shape index (κ3) is 4.39. The van der Waals surface area contributed by atoms with Gasteiger partial charge in [0.2, 0.25) is 5.95 Å². The van der Waals surface area contributed by atoms with Crippen LogP contribution in [-0.2, 0) is 25.4 Å². The lowest BCUT2D eigenvalue weighted by Crippen LogP contribution is -2.40. The van der Waals surface area contributed by atoms with E-state index in [9.17, 15) is 14.4 Å². The highest BCUT2D eigenvalue weighted by molar-refractivity contribution is 5.95. The number of ether oxygens (including phenoxy) is 1. The first-order valence-electron chi connectivity index (χ1n) is 12.5. The van der Waals surface area contributed by atoms with E-state index in [1.165, 1.54) is 9.13 Å². The highest BCUT2D eigenvalue weighted by Gasteiger charge is 2.27. The average Bonchev–Trinajstić information content (AvgIpc) is 3.34. The number of imidazole rings is 1. The van der Waals surface area contributed by atoms with Gasteiger partial charge in [0, 0.05) is 37.6 Å². The van der Waals surface area contributed by atoms with Crippen molar-refractivity contribution >= 4 is 39.8 Å². The highest BCUT2D eigenvalue weighted by atomic mass is 16.6. The van der Waals surface area contributed by atoms with Crippen molar-refractivity contribution in [1.29, 1.82) is 0 Å². The van der Waals surface area contributed by atoms with E-state index in [-0.39, 0.29) is 17.7 Å². The Bertz CT molecular complexity index is 1870. The number of fused-ring (bicyclic) bond motifs is 2. The monoisotopic (exact) mass is 529 g/mol. The quantitative estimate of drug-likeness (QED) is 0.374. The van der Waals surface area contributed by atoms with Crippen molar-refractivity contribution in [2.45, 2.75) is 46.8 Å². The number of hydrogen-bond donors (Lipinski definition) is 1. The van der Waals surface area contributed by atoms with Crippen LogP contribution in [0.4, 0.5) is 16.4 Å². The molecule has 1 aromatic carbocycles. The second kappa shape index (κ2) is 9.26. The minimum absolute atomic E-state index is 0.126. The average molecular weight is 530 g/mol. The third-order valence-corrected chi connectivity index (χ3v) is 6.75. The van der Waals surface area contributed by atoms with Gasteiger partial charge in [0.1, 0.15) is 5.60 Å². The van der Waals surface area contributed by atoms with Crippen molar-refractivity contribution in [2.24, 2.45) is 14.1 Å². The Labute approximate surface area is 224 Å². The number of rotatable bonds is 4. The van der Waals surface area contributed by atoms with Crippen LogP contribution in [0.25, 0.3) is 22.1 Å². The number of anilines is 2. The van der Waals surface area contributed by atoms with Crippen LogP contribution < -0.4 is 16.6 Å². The Balaban J connectivity index is 1.71. The number of nitrogens with zero attached hydrogens (tertiary/aromatic N) is 6. The minimum Gasteiger partial charge on any atom is -0.443 e. The first kappa shape index (κ1) is 26.0. The predicted molar refractivity (Wildman–Crippen MR) is 150 cm³/mol. The van der Waals surface area contributed by atoms with Gasteiger partial charge in [-0.25, -0.2) is 14.2 Å². The molecule has 5 aromatic rings. The second-order valence-corrected chi connectivity index (χ2v) is 10.6. The van der Waals surface area contributed by atoms with Crippen LogP contribution in [0, 0.1) is 13.8 Å². The van der Waals surface area contributed by atoms with E-state index >= 15 is 0 Å². The molecule has 1 N–H and O–H groups in total. The fraction of sp³-hybridized carbons (Fsp3) is 0.321. The normalized spacial score (nSPS) is 11.9. The summed E-state index contributed by atoms with van der Waals surface area (Å²) >= 11 is 0.